The van der Waals surface area contributed by atoms with Gasteiger partial charge in [0.2, 0.25) is 0 Å². The zero-order valence-electron chi connectivity index (χ0n) is 17.2. The van der Waals surface area contributed by atoms with Crippen molar-refractivity contribution in [3.63, 3.8) is 0 Å². The van der Waals surface area contributed by atoms with Gasteiger partial charge in [-0.1, -0.05) is 44.4 Å². The third kappa shape index (κ3) is 2.70. The van der Waals surface area contributed by atoms with Crippen molar-refractivity contribution in [3.05, 3.63) is 52.9 Å². The Kier molecular flexibility index (Phi) is 4.96. The molecule has 2 aliphatic carbocycles. The van der Waals surface area contributed by atoms with Crippen LogP contribution in [0.5, 0.6) is 0 Å². The molecule has 2 aromatic rings. The number of carboxylic acid groups (broad SMARTS) is 2. The first-order valence-corrected chi connectivity index (χ1v) is 10.5. The minimum atomic E-state index is -1.42. The lowest BCUT2D eigenvalue weighted by molar-refractivity contribution is -0.154. The maximum Gasteiger partial charge on any atom is 0.332 e. The van der Waals surface area contributed by atoms with Crippen molar-refractivity contribution in [1.29, 1.82) is 0 Å². The molecular weight excluding hydrogens is 382 g/mol. The van der Waals surface area contributed by atoms with Gasteiger partial charge in [0.15, 0.2) is 0 Å². The second-order valence-corrected chi connectivity index (χ2v) is 8.55. The van der Waals surface area contributed by atoms with Crippen molar-refractivity contribution in [1.82, 2.24) is 4.98 Å². The van der Waals surface area contributed by atoms with Gasteiger partial charge in [-0.15, -0.1) is 0 Å². The summed E-state index contributed by atoms with van der Waals surface area (Å²) >= 11 is 0. The molecule has 1 saturated carbocycles. The number of aromatic nitrogens is 1. The van der Waals surface area contributed by atoms with E-state index in [1.54, 1.807) is 20.0 Å². The summed E-state index contributed by atoms with van der Waals surface area (Å²) in [5.41, 5.74) is 0.529. The van der Waals surface area contributed by atoms with Crippen molar-refractivity contribution >= 4 is 28.4 Å². The summed E-state index contributed by atoms with van der Waals surface area (Å²) in [7, 11) is 0. The molecule has 0 spiro atoms. The van der Waals surface area contributed by atoms with E-state index in [0.29, 0.717) is 11.1 Å². The number of hydrogen-bond donors (Lipinski definition) is 4. The van der Waals surface area contributed by atoms with E-state index in [9.17, 15) is 24.9 Å². The molecule has 2 unspecified atom stereocenters. The molecule has 4 rings (SSSR count). The Bertz CT molecular complexity index is 1090. The summed E-state index contributed by atoms with van der Waals surface area (Å²) in [6, 6.07) is 7.46. The Labute approximate surface area is 174 Å². The SMILES string of the molecule is CC1=C(O)C(c2c[nH]c3ccccc23)=C(C(=O)O)C(C)C1(C(=O)O)C1CCCCC1. The van der Waals surface area contributed by atoms with Crippen molar-refractivity contribution in [2.24, 2.45) is 17.3 Å². The fourth-order valence-corrected chi connectivity index (χ4v) is 5.86. The molecule has 4 N–H and O–H groups in total. The number of allylic oxidation sites excluding steroid dienone is 1. The first-order chi connectivity index (χ1) is 14.3. The van der Waals surface area contributed by atoms with Gasteiger partial charge < -0.3 is 20.3 Å². The molecule has 6 nitrogen and oxygen atoms in total. The standard InChI is InChI=1S/C24H27NO5/c1-13-19(22(27)28)20(17-12-25-18-11-7-6-10-16(17)18)21(26)14(2)24(13,23(29)30)15-8-4-3-5-9-15/h6-7,10-13,15,25-26H,3-5,8-9H2,1-2H3,(H,27,28)(H,29,30). The Balaban J connectivity index is 2.01. The molecule has 0 radical (unpaired) electrons. The molecule has 0 bridgehead atoms. The van der Waals surface area contributed by atoms with Gasteiger partial charge in [0.25, 0.3) is 0 Å². The average molecular weight is 409 g/mol. The third-order valence-electron chi connectivity index (χ3n) is 7.29. The van der Waals surface area contributed by atoms with E-state index in [1.807, 2.05) is 24.3 Å². The van der Waals surface area contributed by atoms with Crippen LogP contribution in [-0.2, 0) is 9.59 Å². The molecule has 30 heavy (non-hydrogen) atoms. The van der Waals surface area contributed by atoms with Gasteiger partial charge in [-0.3, -0.25) is 4.79 Å². The van der Waals surface area contributed by atoms with Gasteiger partial charge in [-0.05, 0) is 37.3 Å². The van der Waals surface area contributed by atoms with Crippen LogP contribution >= 0.6 is 0 Å². The van der Waals surface area contributed by atoms with Crippen molar-refractivity contribution in [2.45, 2.75) is 46.0 Å². The van der Waals surface area contributed by atoms with Crippen LogP contribution in [0.4, 0.5) is 0 Å². The van der Waals surface area contributed by atoms with E-state index >= 15 is 0 Å². The van der Waals surface area contributed by atoms with Crippen LogP contribution in [-0.4, -0.2) is 32.2 Å². The second kappa shape index (κ2) is 7.35. The average Bonchev–Trinajstić information content (AvgIpc) is 3.15. The smallest absolute Gasteiger partial charge is 0.332 e. The Morgan fingerprint density at radius 2 is 1.77 bits per heavy atom. The Morgan fingerprint density at radius 3 is 2.40 bits per heavy atom. The molecule has 0 aliphatic heterocycles. The van der Waals surface area contributed by atoms with Gasteiger partial charge in [-0.25, -0.2) is 4.79 Å². The zero-order valence-corrected chi connectivity index (χ0v) is 17.2. The topological polar surface area (TPSA) is 111 Å². The number of aromatic amines is 1. The molecule has 2 atom stereocenters. The van der Waals surface area contributed by atoms with Gasteiger partial charge in [-0.2, -0.15) is 0 Å². The molecule has 1 heterocycles. The molecule has 1 aromatic heterocycles. The zero-order chi connectivity index (χ0) is 21.6. The normalized spacial score (nSPS) is 25.7. The van der Waals surface area contributed by atoms with Crippen LogP contribution < -0.4 is 0 Å². The molecule has 2 aliphatic rings. The van der Waals surface area contributed by atoms with Crippen LogP contribution in [0.3, 0.4) is 0 Å². The summed E-state index contributed by atoms with van der Waals surface area (Å²) < 4.78 is 0. The number of benzene rings is 1. The third-order valence-corrected chi connectivity index (χ3v) is 7.29. The predicted octanol–water partition coefficient (Wildman–Crippen LogP) is 5.14. The van der Waals surface area contributed by atoms with E-state index in [0.717, 1.165) is 43.0 Å². The molecule has 0 saturated heterocycles. The van der Waals surface area contributed by atoms with Gasteiger partial charge in [0.05, 0.1) is 5.57 Å². The van der Waals surface area contributed by atoms with E-state index in [1.165, 1.54) is 0 Å². The van der Waals surface area contributed by atoms with Crippen molar-refractivity contribution in [3.8, 4) is 0 Å². The molecule has 1 fully saturated rings. The number of aliphatic carboxylic acids is 2. The van der Waals surface area contributed by atoms with E-state index in [-0.39, 0.29) is 22.8 Å². The maximum absolute atomic E-state index is 12.7. The van der Waals surface area contributed by atoms with Crippen LogP contribution in [0.15, 0.2) is 47.4 Å². The van der Waals surface area contributed by atoms with Crippen LogP contribution in [0.2, 0.25) is 0 Å². The largest absolute Gasteiger partial charge is 0.507 e. The lowest BCUT2D eigenvalue weighted by atomic mass is 9.54. The highest BCUT2D eigenvalue weighted by Gasteiger charge is 2.57. The summed E-state index contributed by atoms with van der Waals surface area (Å²) in [4.78, 5) is 28.3. The maximum atomic E-state index is 12.7. The van der Waals surface area contributed by atoms with Crippen LogP contribution in [0, 0.1) is 17.3 Å². The van der Waals surface area contributed by atoms with Crippen LogP contribution in [0.25, 0.3) is 16.5 Å². The highest BCUT2D eigenvalue weighted by Crippen LogP contribution is 2.57. The number of hydrogen-bond acceptors (Lipinski definition) is 3. The number of carbonyl (C=O) groups is 2. The van der Waals surface area contributed by atoms with Crippen molar-refractivity contribution < 1.29 is 24.9 Å². The number of aliphatic hydroxyl groups excluding tert-OH is 1. The quantitative estimate of drug-likeness (QED) is 0.559. The fraction of sp³-hybridized carbons (Fsp3) is 0.417. The number of H-pyrrole nitrogens is 1. The van der Waals surface area contributed by atoms with E-state index < -0.39 is 23.3 Å². The first-order valence-electron chi connectivity index (χ1n) is 10.5. The lowest BCUT2D eigenvalue weighted by Crippen LogP contribution is -2.49. The van der Waals surface area contributed by atoms with Gasteiger partial charge >= 0.3 is 11.9 Å². The van der Waals surface area contributed by atoms with Crippen molar-refractivity contribution in [2.75, 3.05) is 0 Å². The number of para-hydroxylation sites is 1. The molecule has 0 amide bonds. The molecule has 6 heteroatoms. The monoisotopic (exact) mass is 409 g/mol. The molecular formula is C24H27NO5. The molecule has 158 valence electrons. The first kappa shape index (κ1) is 20.3. The minimum absolute atomic E-state index is 0.0316. The summed E-state index contributed by atoms with van der Waals surface area (Å²) in [5, 5.41) is 32.7. The van der Waals surface area contributed by atoms with Gasteiger partial charge in [0, 0.05) is 34.2 Å². The minimum Gasteiger partial charge on any atom is -0.507 e. The highest BCUT2D eigenvalue weighted by molar-refractivity contribution is 6.08. The summed E-state index contributed by atoms with van der Waals surface area (Å²) in [6.45, 7) is 3.35. The number of nitrogens with one attached hydrogen (secondary N) is 1. The molecule has 1 aromatic carbocycles. The Morgan fingerprint density at radius 1 is 1.10 bits per heavy atom. The number of fused-ring (bicyclic) bond motifs is 1. The second-order valence-electron chi connectivity index (χ2n) is 8.55. The van der Waals surface area contributed by atoms with Crippen LogP contribution in [0.1, 0.15) is 51.5 Å². The van der Waals surface area contributed by atoms with E-state index in [2.05, 4.69) is 4.98 Å². The lowest BCUT2D eigenvalue weighted by Gasteiger charge is -2.47. The van der Waals surface area contributed by atoms with E-state index in [4.69, 9.17) is 0 Å². The summed E-state index contributed by atoms with van der Waals surface area (Å²) in [5.74, 6) is -3.45. The fourth-order valence-electron chi connectivity index (χ4n) is 5.86. The highest BCUT2D eigenvalue weighted by atomic mass is 16.4. The predicted molar refractivity (Wildman–Crippen MR) is 114 cm³/mol. The number of aliphatic hydroxyl groups is 1. The number of rotatable bonds is 4. The Hall–Kier alpha value is -3.02. The van der Waals surface area contributed by atoms with Gasteiger partial charge in [0.1, 0.15) is 11.2 Å². The summed E-state index contributed by atoms with van der Waals surface area (Å²) in [6.07, 6.45) is 6.02. The number of carboxylic acids is 2.